The van der Waals surface area contributed by atoms with Crippen LogP contribution < -0.4 is 10.6 Å². The first-order chi connectivity index (χ1) is 14.5. The van der Waals surface area contributed by atoms with Gasteiger partial charge in [0.1, 0.15) is 0 Å². The molecule has 0 bridgehead atoms. The standard InChI is InChI=1S/C25H24N2O2S/c1-16(2)26-24(28)15-30-23-10-6-5-9-21(23)25(29)27-19-12-11-18-13-17-7-3-4-8-20(17)22(18)14-19/h3-12,14,16H,13,15H2,1-2H3,(H,26,28)(H,27,29). The summed E-state index contributed by atoms with van der Waals surface area (Å²) in [6, 6.07) is 21.9. The lowest BCUT2D eigenvalue weighted by molar-refractivity contribution is -0.119. The van der Waals surface area contributed by atoms with E-state index in [9.17, 15) is 9.59 Å². The second kappa shape index (κ2) is 8.76. The summed E-state index contributed by atoms with van der Waals surface area (Å²) in [5.74, 6) is 0.0639. The van der Waals surface area contributed by atoms with Gasteiger partial charge in [0.25, 0.3) is 5.91 Å². The van der Waals surface area contributed by atoms with Crippen LogP contribution in [0.1, 0.15) is 35.3 Å². The minimum absolute atomic E-state index is 0.0394. The molecule has 152 valence electrons. The lowest BCUT2D eigenvalue weighted by Crippen LogP contribution is -2.31. The van der Waals surface area contributed by atoms with Crippen LogP contribution in [0, 0.1) is 0 Å². The molecule has 2 amide bonds. The molecular weight excluding hydrogens is 392 g/mol. The largest absolute Gasteiger partial charge is 0.353 e. The molecule has 0 radical (unpaired) electrons. The maximum atomic E-state index is 13.0. The van der Waals surface area contributed by atoms with Crippen LogP contribution in [-0.2, 0) is 11.2 Å². The molecule has 1 aliphatic carbocycles. The number of carbonyl (C=O) groups is 2. The molecule has 0 atom stereocenters. The summed E-state index contributed by atoms with van der Waals surface area (Å²) in [6.45, 7) is 3.86. The van der Waals surface area contributed by atoms with E-state index in [1.807, 2.05) is 50.2 Å². The van der Waals surface area contributed by atoms with Gasteiger partial charge in [-0.05, 0) is 66.8 Å². The Hall–Kier alpha value is -3.05. The number of rotatable bonds is 6. The number of benzene rings is 3. The summed E-state index contributed by atoms with van der Waals surface area (Å²) in [6.07, 6.45) is 0.928. The van der Waals surface area contributed by atoms with E-state index < -0.39 is 0 Å². The number of hydrogen-bond acceptors (Lipinski definition) is 3. The molecule has 3 aromatic rings. The van der Waals surface area contributed by atoms with E-state index >= 15 is 0 Å². The number of hydrogen-bond donors (Lipinski definition) is 2. The predicted molar refractivity (Wildman–Crippen MR) is 123 cm³/mol. The quantitative estimate of drug-likeness (QED) is 0.429. The average Bonchev–Trinajstić information content (AvgIpc) is 3.10. The number of thioether (sulfide) groups is 1. The molecule has 0 aliphatic heterocycles. The minimum Gasteiger partial charge on any atom is -0.353 e. The predicted octanol–water partition coefficient (Wildman–Crippen LogP) is 5.13. The van der Waals surface area contributed by atoms with Gasteiger partial charge in [0.15, 0.2) is 0 Å². The highest BCUT2D eigenvalue weighted by molar-refractivity contribution is 8.00. The fourth-order valence-electron chi connectivity index (χ4n) is 3.69. The van der Waals surface area contributed by atoms with Crippen molar-refractivity contribution in [1.82, 2.24) is 5.32 Å². The van der Waals surface area contributed by atoms with E-state index in [0.717, 1.165) is 17.0 Å². The van der Waals surface area contributed by atoms with E-state index in [1.54, 1.807) is 6.07 Å². The lowest BCUT2D eigenvalue weighted by atomic mass is 10.1. The topological polar surface area (TPSA) is 58.2 Å². The fourth-order valence-corrected chi connectivity index (χ4v) is 4.55. The second-order valence-corrected chi connectivity index (χ2v) is 8.68. The highest BCUT2D eigenvalue weighted by Gasteiger charge is 2.19. The molecular formula is C25H24N2O2S. The molecule has 5 heteroatoms. The Labute approximate surface area is 181 Å². The SMILES string of the molecule is CC(C)NC(=O)CSc1ccccc1C(=O)Nc1ccc2c(c1)-c1ccccc1C2. The van der Waals surface area contributed by atoms with E-state index in [2.05, 4.69) is 34.9 Å². The molecule has 0 unspecified atom stereocenters. The Morgan fingerprint density at radius 3 is 2.50 bits per heavy atom. The van der Waals surface area contributed by atoms with E-state index in [-0.39, 0.29) is 23.6 Å². The highest BCUT2D eigenvalue weighted by Crippen LogP contribution is 2.38. The maximum Gasteiger partial charge on any atom is 0.256 e. The van der Waals surface area contributed by atoms with Gasteiger partial charge in [0.05, 0.1) is 11.3 Å². The van der Waals surface area contributed by atoms with Crippen molar-refractivity contribution in [3.63, 3.8) is 0 Å². The van der Waals surface area contributed by atoms with Gasteiger partial charge in [-0.1, -0.05) is 42.5 Å². The third kappa shape index (κ3) is 4.41. The molecule has 0 aromatic heterocycles. The number of nitrogens with one attached hydrogen (secondary N) is 2. The molecule has 0 fully saturated rings. The molecule has 0 heterocycles. The third-order valence-corrected chi connectivity index (χ3v) is 6.07. The molecule has 2 N–H and O–H groups in total. The smallest absolute Gasteiger partial charge is 0.256 e. The lowest BCUT2D eigenvalue weighted by Gasteiger charge is -2.12. The summed E-state index contributed by atoms with van der Waals surface area (Å²) >= 11 is 1.37. The van der Waals surface area contributed by atoms with Gasteiger partial charge < -0.3 is 10.6 Å². The summed E-state index contributed by atoms with van der Waals surface area (Å²) in [5, 5.41) is 5.90. The van der Waals surface area contributed by atoms with Crippen molar-refractivity contribution in [2.75, 3.05) is 11.1 Å². The van der Waals surface area contributed by atoms with E-state index in [4.69, 9.17) is 0 Å². The van der Waals surface area contributed by atoms with Gasteiger partial charge >= 0.3 is 0 Å². The first kappa shape index (κ1) is 20.2. The van der Waals surface area contributed by atoms with Crippen LogP contribution in [0.15, 0.2) is 71.6 Å². The van der Waals surface area contributed by atoms with Crippen molar-refractivity contribution in [1.29, 1.82) is 0 Å². The van der Waals surface area contributed by atoms with Gasteiger partial charge in [0.2, 0.25) is 5.91 Å². The summed E-state index contributed by atoms with van der Waals surface area (Å²) in [7, 11) is 0. The first-order valence-corrected chi connectivity index (χ1v) is 11.0. The Morgan fingerprint density at radius 2 is 1.67 bits per heavy atom. The molecule has 0 saturated carbocycles. The molecule has 0 saturated heterocycles. The zero-order valence-electron chi connectivity index (χ0n) is 17.1. The van der Waals surface area contributed by atoms with Crippen LogP contribution in [0.3, 0.4) is 0 Å². The summed E-state index contributed by atoms with van der Waals surface area (Å²) in [5.41, 5.74) is 6.35. The summed E-state index contributed by atoms with van der Waals surface area (Å²) in [4.78, 5) is 25.7. The van der Waals surface area contributed by atoms with Crippen molar-refractivity contribution in [2.24, 2.45) is 0 Å². The average molecular weight is 417 g/mol. The van der Waals surface area contributed by atoms with Crippen molar-refractivity contribution in [2.45, 2.75) is 31.2 Å². The minimum atomic E-state index is -0.173. The van der Waals surface area contributed by atoms with Crippen molar-refractivity contribution >= 4 is 29.3 Å². The normalized spacial score (nSPS) is 11.7. The third-order valence-electron chi connectivity index (χ3n) is 5.00. The van der Waals surface area contributed by atoms with Gasteiger partial charge in [-0.3, -0.25) is 9.59 Å². The first-order valence-electron chi connectivity index (χ1n) is 10.0. The van der Waals surface area contributed by atoms with Crippen molar-refractivity contribution in [3.8, 4) is 11.1 Å². The number of anilines is 1. The van der Waals surface area contributed by atoms with Gasteiger partial charge in [-0.15, -0.1) is 11.8 Å². The van der Waals surface area contributed by atoms with Gasteiger partial charge in [-0.25, -0.2) is 0 Å². The van der Waals surface area contributed by atoms with Gasteiger partial charge in [0, 0.05) is 16.6 Å². The zero-order chi connectivity index (χ0) is 21.1. The molecule has 4 rings (SSSR count). The van der Waals surface area contributed by atoms with Crippen LogP contribution in [-0.4, -0.2) is 23.6 Å². The second-order valence-electron chi connectivity index (χ2n) is 7.67. The molecule has 4 nitrogen and oxygen atoms in total. The van der Waals surface area contributed by atoms with Crippen LogP contribution in [0.5, 0.6) is 0 Å². The monoisotopic (exact) mass is 416 g/mol. The molecule has 0 spiro atoms. The van der Waals surface area contributed by atoms with Crippen LogP contribution in [0.2, 0.25) is 0 Å². The number of amides is 2. The molecule has 3 aromatic carbocycles. The highest BCUT2D eigenvalue weighted by atomic mass is 32.2. The van der Waals surface area contributed by atoms with E-state index in [0.29, 0.717) is 5.56 Å². The fraction of sp³-hybridized carbons (Fsp3) is 0.200. The number of fused-ring (bicyclic) bond motifs is 3. The maximum absolute atomic E-state index is 13.0. The van der Waals surface area contributed by atoms with Crippen LogP contribution in [0.25, 0.3) is 11.1 Å². The Balaban J connectivity index is 1.50. The van der Waals surface area contributed by atoms with Crippen LogP contribution >= 0.6 is 11.8 Å². The molecule has 1 aliphatic rings. The van der Waals surface area contributed by atoms with Crippen molar-refractivity contribution < 1.29 is 9.59 Å². The van der Waals surface area contributed by atoms with E-state index in [1.165, 1.54) is 34.0 Å². The summed E-state index contributed by atoms with van der Waals surface area (Å²) < 4.78 is 0. The molecule has 30 heavy (non-hydrogen) atoms. The number of carbonyl (C=O) groups excluding carboxylic acids is 2. The Morgan fingerprint density at radius 1 is 0.933 bits per heavy atom. The van der Waals surface area contributed by atoms with Crippen LogP contribution in [0.4, 0.5) is 5.69 Å². The Kier molecular flexibility index (Phi) is 5.91. The van der Waals surface area contributed by atoms with Gasteiger partial charge in [-0.2, -0.15) is 0 Å². The Bertz CT molecular complexity index is 1110. The van der Waals surface area contributed by atoms with Crippen molar-refractivity contribution in [3.05, 3.63) is 83.4 Å². The zero-order valence-corrected chi connectivity index (χ0v) is 17.9.